The zero-order chi connectivity index (χ0) is 17.2. The molecule has 2 aromatic rings. The summed E-state index contributed by atoms with van der Waals surface area (Å²) in [6.07, 6.45) is -4.39. The first-order chi connectivity index (χ1) is 10.7. The van der Waals surface area contributed by atoms with E-state index in [0.29, 0.717) is 11.3 Å². The third-order valence-electron chi connectivity index (χ3n) is 2.79. The summed E-state index contributed by atoms with van der Waals surface area (Å²) in [5.41, 5.74) is 0.0855. The van der Waals surface area contributed by atoms with Gasteiger partial charge in [-0.2, -0.15) is 13.2 Å². The highest BCUT2D eigenvalue weighted by molar-refractivity contribution is 9.10. The molecule has 1 unspecified atom stereocenters. The van der Waals surface area contributed by atoms with Crippen molar-refractivity contribution in [2.45, 2.75) is 17.9 Å². The van der Waals surface area contributed by atoms with Crippen molar-refractivity contribution in [1.29, 1.82) is 0 Å². The Labute approximate surface area is 146 Å². The highest BCUT2D eigenvalue weighted by Gasteiger charge is 2.30. The number of hydrogen-bond donors (Lipinski definition) is 0. The van der Waals surface area contributed by atoms with Crippen LogP contribution in [0, 0.1) is 0 Å². The molecule has 1 aromatic carbocycles. The van der Waals surface area contributed by atoms with Gasteiger partial charge < -0.3 is 9.15 Å². The number of carbonyl (C=O) groups excluding carboxylic acids is 1. The number of alkyl halides is 4. The monoisotopic (exact) mass is 455 g/mol. The van der Waals surface area contributed by atoms with Gasteiger partial charge in [-0.1, -0.05) is 28.1 Å². The van der Waals surface area contributed by atoms with E-state index in [1.165, 1.54) is 19.1 Å². The number of carbonyl (C=O) groups is 1. The Kier molecular flexibility index (Phi) is 5.51. The standard InChI is InChI=1S/C14H10Br2F3NO3/c1-7(21)22-6-10(15)13-20-11(12(16)23-13)8-2-4-9(5-3-8)14(17,18)19/h2-5,10H,6H2,1H3. The predicted octanol–water partition coefficient (Wildman–Crippen LogP) is 5.12. The van der Waals surface area contributed by atoms with Gasteiger partial charge in [0.15, 0.2) is 4.67 Å². The van der Waals surface area contributed by atoms with Gasteiger partial charge in [0.05, 0.1) is 5.56 Å². The van der Waals surface area contributed by atoms with Gasteiger partial charge in [0.1, 0.15) is 17.1 Å². The van der Waals surface area contributed by atoms with Gasteiger partial charge >= 0.3 is 12.1 Å². The van der Waals surface area contributed by atoms with E-state index in [1.54, 1.807) is 0 Å². The molecule has 0 N–H and O–H groups in total. The van der Waals surface area contributed by atoms with E-state index in [9.17, 15) is 18.0 Å². The molecule has 0 bridgehead atoms. The molecule has 2 rings (SSSR count). The minimum Gasteiger partial charge on any atom is -0.464 e. The normalized spacial score (nSPS) is 13.0. The van der Waals surface area contributed by atoms with E-state index in [1.807, 2.05) is 0 Å². The molecular weight excluding hydrogens is 447 g/mol. The van der Waals surface area contributed by atoms with Gasteiger partial charge in [-0.3, -0.25) is 4.79 Å². The Balaban J connectivity index is 2.22. The van der Waals surface area contributed by atoms with Crippen molar-refractivity contribution >= 4 is 37.8 Å². The quantitative estimate of drug-likeness (QED) is 0.473. The van der Waals surface area contributed by atoms with E-state index in [4.69, 9.17) is 9.15 Å². The van der Waals surface area contributed by atoms with Crippen molar-refractivity contribution < 1.29 is 27.1 Å². The van der Waals surface area contributed by atoms with E-state index in [0.717, 1.165) is 12.1 Å². The molecule has 0 aliphatic heterocycles. The van der Waals surface area contributed by atoms with Gasteiger partial charge in [-0.05, 0) is 28.1 Å². The second-order valence-electron chi connectivity index (χ2n) is 4.52. The molecule has 4 nitrogen and oxygen atoms in total. The fourth-order valence-electron chi connectivity index (χ4n) is 1.71. The number of benzene rings is 1. The smallest absolute Gasteiger partial charge is 0.416 e. The molecule has 1 atom stereocenters. The molecule has 0 aliphatic rings. The molecule has 0 spiro atoms. The number of rotatable bonds is 4. The fraction of sp³-hybridized carbons (Fsp3) is 0.286. The van der Waals surface area contributed by atoms with Crippen molar-refractivity contribution in [2.24, 2.45) is 0 Å². The van der Waals surface area contributed by atoms with Crippen LogP contribution in [0.5, 0.6) is 0 Å². The largest absolute Gasteiger partial charge is 0.464 e. The van der Waals surface area contributed by atoms with Crippen molar-refractivity contribution in [1.82, 2.24) is 4.98 Å². The van der Waals surface area contributed by atoms with E-state index in [-0.39, 0.29) is 17.2 Å². The van der Waals surface area contributed by atoms with Crippen molar-refractivity contribution in [3.8, 4) is 11.3 Å². The van der Waals surface area contributed by atoms with Crippen molar-refractivity contribution in [3.63, 3.8) is 0 Å². The maximum absolute atomic E-state index is 12.6. The summed E-state index contributed by atoms with van der Waals surface area (Å²) >= 11 is 6.45. The minimum absolute atomic E-state index is 0.0226. The summed E-state index contributed by atoms with van der Waals surface area (Å²) in [5.74, 6) is -0.198. The zero-order valence-electron chi connectivity index (χ0n) is 11.7. The lowest BCUT2D eigenvalue weighted by Crippen LogP contribution is -2.06. The molecule has 0 amide bonds. The highest BCUT2D eigenvalue weighted by Crippen LogP contribution is 2.35. The second kappa shape index (κ2) is 7.04. The first-order valence-corrected chi connectivity index (χ1v) is 8.00. The van der Waals surface area contributed by atoms with Gasteiger partial charge in [0.25, 0.3) is 0 Å². The fourth-order valence-corrected chi connectivity index (χ4v) is 2.52. The maximum Gasteiger partial charge on any atom is 0.416 e. The van der Waals surface area contributed by atoms with Gasteiger partial charge in [0.2, 0.25) is 5.89 Å². The number of halogens is 5. The second-order valence-corrected chi connectivity index (χ2v) is 6.35. The zero-order valence-corrected chi connectivity index (χ0v) is 14.8. The Hall–Kier alpha value is -1.35. The van der Waals surface area contributed by atoms with Gasteiger partial charge in [-0.25, -0.2) is 4.98 Å². The molecule has 1 aromatic heterocycles. The summed E-state index contributed by atoms with van der Waals surface area (Å²) < 4.78 is 48.2. The minimum atomic E-state index is -4.39. The van der Waals surface area contributed by atoms with Gasteiger partial charge in [-0.15, -0.1) is 0 Å². The number of oxazole rings is 1. The first-order valence-electron chi connectivity index (χ1n) is 6.29. The van der Waals surface area contributed by atoms with E-state index < -0.39 is 22.5 Å². The summed E-state index contributed by atoms with van der Waals surface area (Å²) in [4.78, 5) is 14.5. The lowest BCUT2D eigenvalue weighted by atomic mass is 10.1. The molecule has 124 valence electrons. The molecule has 0 aliphatic carbocycles. The molecule has 23 heavy (non-hydrogen) atoms. The number of hydrogen-bond acceptors (Lipinski definition) is 4. The SMILES string of the molecule is CC(=O)OCC(Br)c1nc(-c2ccc(C(F)(F)F)cc2)c(Br)o1. The molecule has 9 heteroatoms. The molecule has 0 saturated heterocycles. The highest BCUT2D eigenvalue weighted by atomic mass is 79.9. The Morgan fingerprint density at radius 1 is 1.35 bits per heavy atom. The first kappa shape index (κ1) is 18.0. The predicted molar refractivity (Wildman–Crippen MR) is 82.9 cm³/mol. The van der Waals surface area contributed by atoms with Crippen LogP contribution in [0.15, 0.2) is 33.4 Å². The third kappa shape index (κ3) is 4.57. The van der Waals surface area contributed by atoms with E-state index in [2.05, 4.69) is 36.8 Å². The van der Waals surface area contributed by atoms with Crippen LogP contribution in [-0.2, 0) is 15.7 Å². The number of esters is 1. The number of nitrogens with zero attached hydrogens (tertiary/aromatic N) is 1. The van der Waals surface area contributed by atoms with Crippen LogP contribution < -0.4 is 0 Å². The molecule has 0 radical (unpaired) electrons. The Bertz CT molecular complexity index is 698. The van der Waals surface area contributed by atoms with Crippen LogP contribution in [-0.4, -0.2) is 17.6 Å². The van der Waals surface area contributed by atoms with Crippen molar-refractivity contribution in [2.75, 3.05) is 6.61 Å². The Morgan fingerprint density at radius 2 is 1.96 bits per heavy atom. The average Bonchev–Trinajstić information content (AvgIpc) is 2.86. The Morgan fingerprint density at radius 3 is 2.48 bits per heavy atom. The third-order valence-corrected chi connectivity index (χ3v) is 3.98. The molecule has 0 fully saturated rings. The van der Waals surface area contributed by atoms with Crippen LogP contribution in [0.4, 0.5) is 13.2 Å². The average molecular weight is 457 g/mol. The van der Waals surface area contributed by atoms with Crippen LogP contribution >= 0.6 is 31.9 Å². The lowest BCUT2D eigenvalue weighted by molar-refractivity contribution is -0.141. The molecule has 0 saturated carbocycles. The van der Waals surface area contributed by atoms with Gasteiger partial charge in [0, 0.05) is 12.5 Å². The van der Waals surface area contributed by atoms with Crippen molar-refractivity contribution in [3.05, 3.63) is 40.4 Å². The molecule has 1 heterocycles. The van der Waals surface area contributed by atoms with Crippen LogP contribution in [0.2, 0.25) is 0 Å². The van der Waals surface area contributed by atoms with E-state index >= 15 is 0 Å². The number of aromatic nitrogens is 1. The van der Waals surface area contributed by atoms with Crippen LogP contribution in [0.3, 0.4) is 0 Å². The summed E-state index contributed by atoms with van der Waals surface area (Å²) in [5, 5.41) is 0. The van der Waals surface area contributed by atoms with Crippen LogP contribution in [0.25, 0.3) is 11.3 Å². The van der Waals surface area contributed by atoms with Crippen LogP contribution in [0.1, 0.15) is 23.2 Å². The molecular formula is C14H10Br2F3NO3. The summed E-state index contributed by atoms with van der Waals surface area (Å²) in [6, 6.07) is 4.57. The summed E-state index contributed by atoms with van der Waals surface area (Å²) in [7, 11) is 0. The topological polar surface area (TPSA) is 52.3 Å². The summed E-state index contributed by atoms with van der Waals surface area (Å²) in [6.45, 7) is 1.30. The number of ether oxygens (including phenoxy) is 1. The maximum atomic E-state index is 12.6. The lowest BCUT2D eigenvalue weighted by Gasteiger charge is -2.06.